The fourth-order valence-corrected chi connectivity index (χ4v) is 2.62. The molecule has 21 heavy (non-hydrogen) atoms. The Hall–Kier alpha value is -2.21. The summed E-state index contributed by atoms with van der Waals surface area (Å²) < 4.78 is 1.60. The van der Waals surface area contributed by atoms with Crippen molar-refractivity contribution in [1.82, 2.24) is 19.6 Å². The van der Waals surface area contributed by atoms with Gasteiger partial charge in [0, 0.05) is 18.0 Å². The molecule has 0 unspecified atom stereocenters. The molecule has 0 spiro atoms. The molecule has 1 aromatic carbocycles. The first kappa shape index (κ1) is 13.8. The molecule has 0 saturated heterocycles. The highest BCUT2D eigenvalue weighted by Gasteiger charge is 2.10. The molecule has 0 aliphatic carbocycles. The molecular weight excluding hydrogens is 284 g/mol. The SMILES string of the molecule is Cc1ccc(C(=O)CSc2nc3ncccn3n2)cc1C. The summed E-state index contributed by atoms with van der Waals surface area (Å²) in [4.78, 5) is 20.6. The third-order valence-electron chi connectivity index (χ3n) is 3.26. The summed E-state index contributed by atoms with van der Waals surface area (Å²) in [5.74, 6) is 0.938. The summed E-state index contributed by atoms with van der Waals surface area (Å²) in [6, 6.07) is 7.55. The Balaban J connectivity index is 1.71. The van der Waals surface area contributed by atoms with Crippen LogP contribution in [-0.2, 0) is 0 Å². The van der Waals surface area contributed by atoms with Gasteiger partial charge in [0.1, 0.15) is 0 Å². The molecule has 0 N–H and O–H groups in total. The highest BCUT2D eigenvalue weighted by molar-refractivity contribution is 7.99. The number of thioether (sulfide) groups is 1. The minimum atomic E-state index is 0.0786. The number of hydrogen-bond donors (Lipinski definition) is 0. The molecule has 0 fully saturated rings. The van der Waals surface area contributed by atoms with E-state index in [1.165, 1.54) is 17.3 Å². The predicted molar refractivity (Wildman–Crippen MR) is 81.8 cm³/mol. The van der Waals surface area contributed by atoms with Crippen molar-refractivity contribution in [2.75, 3.05) is 5.75 Å². The van der Waals surface area contributed by atoms with Crippen LogP contribution < -0.4 is 0 Å². The van der Waals surface area contributed by atoms with E-state index in [1.807, 2.05) is 32.0 Å². The third kappa shape index (κ3) is 2.95. The summed E-state index contributed by atoms with van der Waals surface area (Å²) in [5, 5.41) is 4.82. The van der Waals surface area contributed by atoms with Crippen molar-refractivity contribution in [3.8, 4) is 0 Å². The Morgan fingerprint density at radius 2 is 2.14 bits per heavy atom. The van der Waals surface area contributed by atoms with Crippen molar-refractivity contribution in [3.63, 3.8) is 0 Å². The van der Waals surface area contributed by atoms with E-state index < -0.39 is 0 Å². The van der Waals surface area contributed by atoms with Gasteiger partial charge in [-0.05, 0) is 37.1 Å². The van der Waals surface area contributed by atoms with Gasteiger partial charge in [-0.1, -0.05) is 23.9 Å². The first-order valence-electron chi connectivity index (χ1n) is 6.54. The van der Waals surface area contributed by atoms with E-state index in [1.54, 1.807) is 23.0 Å². The Kier molecular flexibility index (Phi) is 3.70. The maximum Gasteiger partial charge on any atom is 0.253 e. The number of nitrogens with zero attached hydrogens (tertiary/aromatic N) is 4. The van der Waals surface area contributed by atoms with Crippen molar-refractivity contribution in [1.29, 1.82) is 0 Å². The molecule has 0 amide bonds. The van der Waals surface area contributed by atoms with Crippen LogP contribution in [0, 0.1) is 13.8 Å². The van der Waals surface area contributed by atoms with Crippen molar-refractivity contribution >= 4 is 23.3 Å². The molecule has 106 valence electrons. The molecule has 6 heteroatoms. The van der Waals surface area contributed by atoms with E-state index in [4.69, 9.17) is 0 Å². The van der Waals surface area contributed by atoms with Crippen LogP contribution >= 0.6 is 11.8 Å². The smallest absolute Gasteiger partial charge is 0.253 e. The molecule has 3 rings (SSSR count). The third-order valence-corrected chi connectivity index (χ3v) is 4.10. The van der Waals surface area contributed by atoms with E-state index in [-0.39, 0.29) is 5.78 Å². The number of carbonyl (C=O) groups excluding carboxylic acids is 1. The Morgan fingerprint density at radius 3 is 2.90 bits per heavy atom. The van der Waals surface area contributed by atoms with Crippen LogP contribution in [0.3, 0.4) is 0 Å². The Morgan fingerprint density at radius 1 is 1.29 bits per heavy atom. The molecule has 5 nitrogen and oxygen atoms in total. The minimum absolute atomic E-state index is 0.0786. The summed E-state index contributed by atoms with van der Waals surface area (Å²) in [6.45, 7) is 4.04. The quantitative estimate of drug-likeness (QED) is 0.547. The van der Waals surface area contributed by atoms with Crippen molar-refractivity contribution in [3.05, 3.63) is 53.3 Å². The molecule has 0 atom stereocenters. The number of aryl methyl sites for hydroxylation is 2. The molecule has 0 bridgehead atoms. The number of carbonyl (C=O) groups is 1. The van der Waals surface area contributed by atoms with Gasteiger partial charge in [0.25, 0.3) is 5.78 Å². The van der Waals surface area contributed by atoms with Gasteiger partial charge in [-0.25, -0.2) is 9.50 Å². The fourth-order valence-electron chi connectivity index (χ4n) is 1.90. The summed E-state index contributed by atoms with van der Waals surface area (Å²) in [7, 11) is 0. The summed E-state index contributed by atoms with van der Waals surface area (Å²) >= 11 is 1.33. The fraction of sp³-hybridized carbons (Fsp3) is 0.200. The molecule has 0 radical (unpaired) electrons. The molecule has 2 aromatic heterocycles. The highest BCUT2D eigenvalue weighted by Crippen LogP contribution is 2.17. The Bertz CT molecular complexity index is 779. The zero-order valence-corrected chi connectivity index (χ0v) is 12.6. The molecule has 0 saturated carbocycles. The average Bonchev–Trinajstić information content (AvgIpc) is 2.90. The second kappa shape index (κ2) is 5.65. The van der Waals surface area contributed by atoms with E-state index in [0.29, 0.717) is 16.7 Å². The monoisotopic (exact) mass is 298 g/mol. The lowest BCUT2D eigenvalue weighted by molar-refractivity contribution is 0.102. The van der Waals surface area contributed by atoms with Gasteiger partial charge >= 0.3 is 0 Å². The number of benzene rings is 1. The summed E-state index contributed by atoms with van der Waals surface area (Å²) in [5.41, 5.74) is 3.04. The zero-order valence-electron chi connectivity index (χ0n) is 11.8. The van der Waals surface area contributed by atoms with Crippen LogP contribution in [0.5, 0.6) is 0 Å². The van der Waals surface area contributed by atoms with Gasteiger partial charge in [0.2, 0.25) is 5.16 Å². The standard InChI is InChI=1S/C15H14N4OS/c1-10-4-5-12(8-11(10)2)13(20)9-21-15-17-14-16-6-3-7-19(14)18-15/h3-8H,9H2,1-2H3. The van der Waals surface area contributed by atoms with Gasteiger partial charge < -0.3 is 0 Å². The number of hydrogen-bond acceptors (Lipinski definition) is 5. The van der Waals surface area contributed by atoms with E-state index in [0.717, 1.165) is 11.1 Å². The van der Waals surface area contributed by atoms with E-state index in [2.05, 4.69) is 15.1 Å². The van der Waals surface area contributed by atoms with Gasteiger partial charge in [0.15, 0.2) is 5.78 Å². The number of aromatic nitrogens is 4. The second-order valence-corrected chi connectivity index (χ2v) is 5.71. The average molecular weight is 298 g/mol. The number of Topliss-reactive ketones (excluding diaryl/α,β-unsaturated/α-hetero) is 1. The molecule has 0 aliphatic heterocycles. The lowest BCUT2D eigenvalue weighted by atomic mass is 10.0. The first-order chi connectivity index (χ1) is 10.1. The number of fused-ring (bicyclic) bond motifs is 1. The molecule has 3 aromatic rings. The normalized spacial score (nSPS) is 11.0. The molecular formula is C15H14N4OS. The predicted octanol–water partition coefficient (Wildman–Crippen LogP) is 2.72. The van der Waals surface area contributed by atoms with Crippen LogP contribution in [0.25, 0.3) is 5.78 Å². The highest BCUT2D eigenvalue weighted by atomic mass is 32.2. The number of rotatable bonds is 4. The topological polar surface area (TPSA) is 60.2 Å². The van der Waals surface area contributed by atoms with Crippen LogP contribution in [0.15, 0.2) is 41.8 Å². The lowest BCUT2D eigenvalue weighted by Gasteiger charge is -2.03. The number of ketones is 1. The molecule has 0 aliphatic rings. The van der Waals surface area contributed by atoms with Crippen molar-refractivity contribution in [2.24, 2.45) is 0 Å². The maximum atomic E-state index is 12.2. The van der Waals surface area contributed by atoms with Crippen LogP contribution in [0.4, 0.5) is 0 Å². The largest absolute Gasteiger partial charge is 0.293 e. The van der Waals surface area contributed by atoms with Crippen LogP contribution in [-0.4, -0.2) is 31.1 Å². The lowest BCUT2D eigenvalue weighted by Crippen LogP contribution is -2.03. The summed E-state index contributed by atoms with van der Waals surface area (Å²) in [6.07, 6.45) is 3.45. The second-order valence-electron chi connectivity index (χ2n) is 4.77. The molecule has 2 heterocycles. The Labute approximate surface area is 126 Å². The van der Waals surface area contributed by atoms with E-state index in [9.17, 15) is 4.79 Å². The van der Waals surface area contributed by atoms with Gasteiger partial charge in [-0.3, -0.25) is 4.79 Å². The maximum absolute atomic E-state index is 12.2. The first-order valence-corrected chi connectivity index (χ1v) is 7.53. The van der Waals surface area contributed by atoms with Crippen LogP contribution in [0.2, 0.25) is 0 Å². The van der Waals surface area contributed by atoms with Gasteiger partial charge in [-0.15, -0.1) is 5.10 Å². The van der Waals surface area contributed by atoms with E-state index >= 15 is 0 Å². The zero-order chi connectivity index (χ0) is 14.8. The van der Waals surface area contributed by atoms with Crippen LogP contribution in [0.1, 0.15) is 21.5 Å². The van der Waals surface area contributed by atoms with Crippen molar-refractivity contribution < 1.29 is 4.79 Å². The van der Waals surface area contributed by atoms with Crippen molar-refractivity contribution in [2.45, 2.75) is 19.0 Å². The minimum Gasteiger partial charge on any atom is -0.293 e. The van der Waals surface area contributed by atoms with Gasteiger partial charge in [-0.2, -0.15) is 4.98 Å². The van der Waals surface area contributed by atoms with Gasteiger partial charge in [0.05, 0.1) is 5.75 Å².